The van der Waals surface area contributed by atoms with Crippen molar-refractivity contribution < 1.29 is 4.79 Å². The summed E-state index contributed by atoms with van der Waals surface area (Å²) in [6, 6.07) is 8.50. The van der Waals surface area contributed by atoms with Crippen LogP contribution in [0.2, 0.25) is 0 Å². The van der Waals surface area contributed by atoms with Gasteiger partial charge in [0.05, 0.1) is 5.56 Å². The fourth-order valence-corrected chi connectivity index (χ4v) is 3.17. The van der Waals surface area contributed by atoms with Crippen LogP contribution in [0.1, 0.15) is 23.2 Å². The fraction of sp³-hybridized carbons (Fsp3) is 0.533. The van der Waals surface area contributed by atoms with Crippen LogP contribution in [-0.2, 0) is 0 Å². The molecule has 0 aromatic heterocycles. The van der Waals surface area contributed by atoms with Crippen molar-refractivity contribution in [3.63, 3.8) is 0 Å². The molecule has 1 amide bonds. The van der Waals surface area contributed by atoms with Crippen molar-refractivity contribution >= 4 is 17.7 Å². The largest absolute Gasteiger partial charge is 0.338 e. The van der Waals surface area contributed by atoms with E-state index in [1.807, 2.05) is 35.4 Å². The SMILES string of the molecule is CSc1ccccc1C(=O)N1CCC(N(C)C)CC1. The first-order chi connectivity index (χ1) is 9.13. The minimum absolute atomic E-state index is 0.183. The summed E-state index contributed by atoms with van der Waals surface area (Å²) in [5.74, 6) is 0.183. The lowest BCUT2D eigenvalue weighted by Crippen LogP contribution is -2.44. The average molecular weight is 278 g/mol. The van der Waals surface area contributed by atoms with E-state index in [9.17, 15) is 4.79 Å². The molecule has 1 aromatic carbocycles. The number of hydrogen-bond acceptors (Lipinski definition) is 3. The number of amides is 1. The molecule has 1 heterocycles. The average Bonchev–Trinajstić information content (AvgIpc) is 2.46. The first-order valence-electron chi connectivity index (χ1n) is 6.72. The zero-order valence-corrected chi connectivity index (χ0v) is 12.7. The number of likely N-dealkylation sites (tertiary alicyclic amines) is 1. The topological polar surface area (TPSA) is 23.6 Å². The van der Waals surface area contributed by atoms with Crippen LogP contribution in [0.5, 0.6) is 0 Å². The van der Waals surface area contributed by atoms with Gasteiger partial charge in [0.1, 0.15) is 0 Å². The Balaban J connectivity index is 2.05. The van der Waals surface area contributed by atoms with Gasteiger partial charge in [0, 0.05) is 24.0 Å². The molecule has 0 N–H and O–H groups in total. The van der Waals surface area contributed by atoms with Crippen LogP contribution in [0.4, 0.5) is 0 Å². The van der Waals surface area contributed by atoms with Gasteiger partial charge in [-0.15, -0.1) is 11.8 Å². The minimum Gasteiger partial charge on any atom is -0.338 e. The number of carbonyl (C=O) groups is 1. The maximum Gasteiger partial charge on any atom is 0.254 e. The van der Waals surface area contributed by atoms with Crippen LogP contribution in [0.15, 0.2) is 29.2 Å². The van der Waals surface area contributed by atoms with Crippen molar-refractivity contribution in [3.05, 3.63) is 29.8 Å². The van der Waals surface area contributed by atoms with Crippen molar-refractivity contribution in [2.24, 2.45) is 0 Å². The number of thioether (sulfide) groups is 1. The molecule has 104 valence electrons. The fourth-order valence-electron chi connectivity index (χ4n) is 2.58. The zero-order chi connectivity index (χ0) is 13.8. The third kappa shape index (κ3) is 3.31. The van der Waals surface area contributed by atoms with E-state index in [-0.39, 0.29) is 5.91 Å². The van der Waals surface area contributed by atoms with Crippen LogP contribution in [0, 0.1) is 0 Å². The molecule has 2 rings (SSSR count). The van der Waals surface area contributed by atoms with Crippen LogP contribution < -0.4 is 0 Å². The molecule has 1 aliphatic rings. The first-order valence-corrected chi connectivity index (χ1v) is 7.94. The molecule has 0 radical (unpaired) electrons. The second-order valence-corrected chi connectivity index (χ2v) is 6.04. The normalized spacial score (nSPS) is 16.9. The standard InChI is InChI=1S/C15H22N2OS/c1-16(2)12-8-10-17(11-9-12)15(18)13-6-4-5-7-14(13)19-3/h4-7,12H,8-11H2,1-3H3. The monoisotopic (exact) mass is 278 g/mol. The highest BCUT2D eigenvalue weighted by atomic mass is 32.2. The lowest BCUT2D eigenvalue weighted by atomic mass is 10.0. The van der Waals surface area contributed by atoms with Gasteiger partial charge in [-0.3, -0.25) is 4.79 Å². The van der Waals surface area contributed by atoms with Gasteiger partial charge in [-0.05, 0) is 45.3 Å². The van der Waals surface area contributed by atoms with Gasteiger partial charge in [-0.1, -0.05) is 12.1 Å². The molecular formula is C15H22N2OS. The molecule has 1 aromatic rings. The number of hydrogen-bond donors (Lipinski definition) is 0. The Labute approximate surface area is 120 Å². The first kappa shape index (κ1) is 14.4. The summed E-state index contributed by atoms with van der Waals surface area (Å²) >= 11 is 1.64. The molecule has 0 spiro atoms. The molecule has 1 saturated heterocycles. The molecular weight excluding hydrogens is 256 g/mol. The van der Waals surface area contributed by atoms with Gasteiger partial charge >= 0.3 is 0 Å². The Kier molecular flexibility index (Phi) is 4.88. The van der Waals surface area contributed by atoms with Crippen molar-refractivity contribution in [3.8, 4) is 0 Å². The van der Waals surface area contributed by atoms with E-state index in [1.54, 1.807) is 11.8 Å². The molecule has 0 bridgehead atoms. The van der Waals surface area contributed by atoms with Crippen LogP contribution >= 0.6 is 11.8 Å². The second-order valence-electron chi connectivity index (χ2n) is 5.19. The van der Waals surface area contributed by atoms with Gasteiger partial charge < -0.3 is 9.80 Å². The summed E-state index contributed by atoms with van der Waals surface area (Å²) in [6.07, 6.45) is 4.16. The summed E-state index contributed by atoms with van der Waals surface area (Å²) in [4.78, 5) is 17.9. The predicted molar refractivity (Wildman–Crippen MR) is 80.8 cm³/mol. The number of benzene rings is 1. The zero-order valence-electron chi connectivity index (χ0n) is 11.9. The summed E-state index contributed by atoms with van der Waals surface area (Å²) in [5.41, 5.74) is 0.846. The van der Waals surface area contributed by atoms with Gasteiger partial charge in [0.15, 0.2) is 0 Å². The summed E-state index contributed by atoms with van der Waals surface area (Å²) in [7, 11) is 4.23. The number of carbonyl (C=O) groups excluding carboxylic acids is 1. The summed E-state index contributed by atoms with van der Waals surface area (Å²) in [6.45, 7) is 1.73. The van der Waals surface area contributed by atoms with Gasteiger partial charge in [-0.2, -0.15) is 0 Å². The second kappa shape index (κ2) is 6.44. The van der Waals surface area contributed by atoms with E-state index in [1.165, 1.54) is 0 Å². The molecule has 0 unspecified atom stereocenters. The van der Waals surface area contributed by atoms with Crippen LogP contribution in [0.3, 0.4) is 0 Å². The van der Waals surface area contributed by atoms with Crippen molar-refractivity contribution in [1.29, 1.82) is 0 Å². The molecule has 1 fully saturated rings. The van der Waals surface area contributed by atoms with Crippen molar-refractivity contribution in [1.82, 2.24) is 9.80 Å². The van der Waals surface area contributed by atoms with E-state index >= 15 is 0 Å². The van der Waals surface area contributed by atoms with Crippen LogP contribution in [-0.4, -0.2) is 55.2 Å². The van der Waals surface area contributed by atoms with E-state index in [4.69, 9.17) is 0 Å². The summed E-state index contributed by atoms with van der Waals surface area (Å²) in [5, 5.41) is 0. The van der Waals surface area contributed by atoms with E-state index < -0.39 is 0 Å². The lowest BCUT2D eigenvalue weighted by Gasteiger charge is -2.35. The highest BCUT2D eigenvalue weighted by Crippen LogP contribution is 2.23. The predicted octanol–water partition coefficient (Wildman–Crippen LogP) is 2.57. The number of piperidine rings is 1. The van der Waals surface area contributed by atoms with E-state index in [0.29, 0.717) is 6.04 Å². The van der Waals surface area contributed by atoms with Crippen LogP contribution in [0.25, 0.3) is 0 Å². The Hall–Kier alpha value is -1.00. The van der Waals surface area contributed by atoms with Gasteiger partial charge in [0.25, 0.3) is 5.91 Å². The molecule has 3 nitrogen and oxygen atoms in total. The maximum atomic E-state index is 12.6. The quantitative estimate of drug-likeness (QED) is 0.794. The third-order valence-electron chi connectivity index (χ3n) is 3.82. The molecule has 0 atom stereocenters. The lowest BCUT2D eigenvalue weighted by molar-refractivity contribution is 0.0660. The smallest absolute Gasteiger partial charge is 0.254 e. The highest BCUT2D eigenvalue weighted by Gasteiger charge is 2.25. The third-order valence-corrected chi connectivity index (χ3v) is 4.62. The molecule has 0 aliphatic carbocycles. The Morgan fingerprint density at radius 1 is 1.26 bits per heavy atom. The molecule has 1 aliphatic heterocycles. The minimum atomic E-state index is 0.183. The Bertz CT molecular complexity index is 440. The van der Waals surface area contributed by atoms with Crippen molar-refractivity contribution in [2.75, 3.05) is 33.4 Å². The molecule has 4 heteroatoms. The molecule has 19 heavy (non-hydrogen) atoms. The van der Waals surface area contributed by atoms with E-state index in [2.05, 4.69) is 19.0 Å². The highest BCUT2D eigenvalue weighted by molar-refractivity contribution is 7.98. The molecule has 0 saturated carbocycles. The number of rotatable bonds is 3. The van der Waals surface area contributed by atoms with Gasteiger partial charge in [-0.25, -0.2) is 0 Å². The van der Waals surface area contributed by atoms with E-state index in [0.717, 1.165) is 36.4 Å². The van der Waals surface area contributed by atoms with Gasteiger partial charge in [0.2, 0.25) is 0 Å². The maximum absolute atomic E-state index is 12.6. The summed E-state index contributed by atoms with van der Waals surface area (Å²) < 4.78 is 0. The number of nitrogens with zero attached hydrogens (tertiary/aromatic N) is 2. The van der Waals surface area contributed by atoms with Crippen molar-refractivity contribution in [2.45, 2.75) is 23.8 Å². The Morgan fingerprint density at radius 3 is 2.47 bits per heavy atom. The Morgan fingerprint density at radius 2 is 1.89 bits per heavy atom.